The van der Waals surface area contributed by atoms with Crippen molar-refractivity contribution < 1.29 is 32.2 Å². The van der Waals surface area contributed by atoms with Gasteiger partial charge in [-0.3, -0.25) is 0 Å². The van der Waals surface area contributed by atoms with Gasteiger partial charge in [-0.25, -0.2) is 9.59 Å². The molecule has 0 spiro atoms. The zero-order chi connectivity index (χ0) is 22.0. The van der Waals surface area contributed by atoms with Crippen molar-refractivity contribution in [2.75, 3.05) is 7.11 Å². The molecule has 3 aromatic rings. The number of ether oxygens (including phenoxy) is 3. The largest absolute Gasteiger partial charge is 0.493 e. The van der Waals surface area contributed by atoms with Crippen LogP contribution in [0.5, 0.6) is 17.2 Å². The number of hydrogen-bond donors (Lipinski definition) is 0. The number of esters is 1. The molecule has 6 nitrogen and oxygen atoms in total. The molecule has 0 N–H and O–H groups in total. The van der Waals surface area contributed by atoms with Crippen molar-refractivity contribution in [1.82, 2.24) is 0 Å². The molecule has 0 unspecified atom stereocenters. The van der Waals surface area contributed by atoms with Crippen molar-refractivity contribution in [3.05, 3.63) is 69.6 Å². The van der Waals surface area contributed by atoms with Crippen LogP contribution in [0.4, 0.5) is 8.78 Å². The van der Waals surface area contributed by atoms with Gasteiger partial charge in [-0.2, -0.15) is 8.78 Å². The average Bonchev–Trinajstić information content (AvgIpc) is 3.23. The summed E-state index contributed by atoms with van der Waals surface area (Å²) in [6, 6.07) is 9.20. The minimum Gasteiger partial charge on any atom is -0.493 e. The molecule has 160 valence electrons. The van der Waals surface area contributed by atoms with Crippen LogP contribution in [0.3, 0.4) is 0 Å². The number of rotatable bonds is 6. The van der Waals surface area contributed by atoms with Crippen LogP contribution in [0.1, 0.15) is 23.1 Å². The van der Waals surface area contributed by atoms with E-state index in [4.69, 9.17) is 13.9 Å². The Balaban J connectivity index is 1.50. The second-order valence-electron chi connectivity index (χ2n) is 6.90. The summed E-state index contributed by atoms with van der Waals surface area (Å²) < 4.78 is 44.9. The highest BCUT2D eigenvalue weighted by Crippen LogP contribution is 2.31. The summed E-state index contributed by atoms with van der Waals surface area (Å²) in [5, 5.41) is 0.848. The lowest BCUT2D eigenvalue weighted by atomic mass is 10.1. The van der Waals surface area contributed by atoms with Crippen LogP contribution >= 0.6 is 0 Å². The monoisotopic (exact) mass is 428 g/mol. The normalized spacial score (nSPS) is 13.0. The van der Waals surface area contributed by atoms with E-state index in [2.05, 4.69) is 4.74 Å². The van der Waals surface area contributed by atoms with Gasteiger partial charge in [0.15, 0.2) is 11.5 Å². The molecule has 0 radical (unpaired) electrons. The van der Waals surface area contributed by atoms with Crippen LogP contribution in [0, 0.1) is 0 Å². The van der Waals surface area contributed by atoms with Gasteiger partial charge >= 0.3 is 18.2 Å². The minimum absolute atomic E-state index is 0.105. The number of fused-ring (bicyclic) bond motifs is 3. The quantitative estimate of drug-likeness (QED) is 0.249. The van der Waals surface area contributed by atoms with Crippen LogP contribution in [0.2, 0.25) is 0 Å². The molecule has 0 amide bonds. The number of hydrogen-bond acceptors (Lipinski definition) is 6. The number of halogens is 2. The first kappa shape index (κ1) is 20.6. The fourth-order valence-electron chi connectivity index (χ4n) is 3.62. The number of carbonyl (C=O) groups excluding carboxylic acids is 1. The lowest BCUT2D eigenvalue weighted by Crippen LogP contribution is -2.07. The number of methoxy groups -OCH3 is 1. The molecule has 0 saturated heterocycles. The fraction of sp³-hybridized carbons (Fsp3) is 0.217. The highest BCUT2D eigenvalue weighted by atomic mass is 19.3. The van der Waals surface area contributed by atoms with E-state index in [0.29, 0.717) is 11.1 Å². The second kappa shape index (κ2) is 8.59. The van der Waals surface area contributed by atoms with Crippen LogP contribution in [0.25, 0.3) is 17.0 Å². The number of benzene rings is 2. The summed E-state index contributed by atoms with van der Waals surface area (Å²) in [5.41, 5.74) is 2.27. The molecule has 0 atom stereocenters. The predicted molar refractivity (Wildman–Crippen MR) is 109 cm³/mol. The molecule has 8 heteroatoms. The smallest absolute Gasteiger partial charge is 0.387 e. The van der Waals surface area contributed by atoms with E-state index in [1.54, 1.807) is 12.1 Å². The Labute approximate surface area is 175 Å². The van der Waals surface area contributed by atoms with E-state index in [1.165, 1.54) is 43.5 Å². The van der Waals surface area contributed by atoms with Gasteiger partial charge in [0.2, 0.25) is 0 Å². The van der Waals surface area contributed by atoms with E-state index >= 15 is 0 Å². The van der Waals surface area contributed by atoms with Gasteiger partial charge in [0, 0.05) is 23.1 Å². The SMILES string of the molecule is COc1cc(/C=C/C(=O)Oc2ccc3c4c(c(=O)oc3c2)CCC4)ccc1OC(F)F. The van der Waals surface area contributed by atoms with Crippen molar-refractivity contribution in [2.24, 2.45) is 0 Å². The molecular formula is C23H18F2O6. The van der Waals surface area contributed by atoms with Crippen LogP contribution in [-0.4, -0.2) is 19.7 Å². The third kappa shape index (κ3) is 4.42. The van der Waals surface area contributed by atoms with E-state index in [0.717, 1.165) is 35.8 Å². The van der Waals surface area contributed by atoms with Crippen molar-refractivity contribution in [3.8, 4) is 17.2 Å². The third-order valence-electron chi connectivity index (χ3n) is 4.98. The van der Waals surface area contributed by atoms with Crippen molar-refractivity contribution in [3.63, 3.8) is 0 Å². The molecule has 4 rings (SSSR count). The topological polar surface area (TPSA) is 75.0 Å². The number of aryl methyl sites for hydroxylation is 1. The van der Waals surface area contributed by atoms with E-state index in [-0.39, 0.29) is 22.9 Å². The molecule has 0 bridgehead atoms. The molecule has 1 aliphatic carbocycles. The number of alkyl halides is 2. The molecule has 2 aromatic carbocycles. The molecule has 0 saturated carbocycles. The lowest BCUT2D eigenvalue weighted by Gasteiger charge is -2.10. The van der Waals surface area contributed by atoms with Crippen LogP contribution in [-0.2, 0) is 17.6 Å². The Morgan fingerprint density at radius 2 is 1.90 bits per heavy atom. The molecule has 1 aromatic heterocycles. The van der Waals surface area contributed by atoms with Gasteiger partial charge in [0.05, 0.1) is 7.11 Å². The first-order valence-corrected chi connectivity index (χ1v) is 9.56. The summed E-state index contributed by atoms with van der Waals surface area (Å²) in [6.45, 7) is -2.97. The second-order valence-corrected chi connectivity index (χ2v) is 6.90. The number of carbonyl (C=O) groups is 1. The molecule has 31 heavy (non-hydrogen) atoms. The van der Waals surface area contributed by atoms with Gasteiger partial charge in [0.25, 0.3) is 0 Å². The maximum absolute atomic E-state index is 12.4. The summed E-state index contributed by atoms with van der Waals surface area (Å²) in [5.74, 6) is -0.425. The molecular weight excluding hydrogens is 410 g/mol. The zero-order valence-electron chi connectivity index (χ0n) is 16.5. The van der Waals surface area contributed by atoms with Crippen molar-refractivity contribution in [2.45, 2.75) is 25.9 Å². The fourth-order valence-corrected chi connectivity index (χ4v) is 3.62. The van der Waals surface area contributed by atoms with Gasteiger partial charge in [-0.1, -0.05) is 6.07 Å². The summed E-state index contributed by atoms with van der Waals surface area (Å²) in [6.07, 6.45) is 5.09. The van der Waals surface area contributed by atoms with Gasteiger partial charge in [0.1, 0.15) is 11.3 Å². The highest BCUT2D eigenvalue weighted by Gasteiger charge is 2.20. The van der Waals surface area contributed by atoms with E-state index < -0.39 is 12.6 Å². The van der Waals surface area contributed by atoms with Crippen molar-refractivity contribution >= 4 is 23.0 Å². The maximum atomic E-state index is 12.4. The first-order valence-electron chi connectivity index (χ1n) is 9.56. The van der Waals surface area contributed by atoms with Gasteiger partial charge in [-0.05, 0) is 60.7 Å². The Kier molecular flexibility index (Phi) is 5.70. The van der Waals surface area contributed by atoms with Crippen LogP contribution in [0.15, 0.2) is 51.7 Å². The highest BCUT2D eigenvalue weighted by molar-refractivity contribution is 5.90. The molecule has 0 aliphatic heterocycles. The molecule has 1 heterocycles. The molecule has 1 aliphatic rings. The average molecular weight is 428 g/mol. The third-order valence-corrected chi connectivity index (χ3v) is 4.98. The minimum atomic E-state index is -2.97. The summed E-state index contributed by atoms with van der Waals surface area (Å²) >= 11 is 0. The van der Waals surface area contributed by atoms with E-state index in [9.17, 15) is 18.4 Å². The predicted octanol–water partition coefficient (Wildman–Crippen LogP) is 4.51. The Morgan fingerprint density at radius 3 is 2.68 bits per heavy atom. The standard InChI is InChI=1S/C23H18F2O6/c1-28-20-11-13(5-9-18(20)31-23(24)25)6-10-21(26)29-14-7-8-16-15-3-2-4-17(15)22(27)30-19(16)12-14/h5-12,23H,2-4H2,1H3/b10-6+. The zero-order valence-corrected chi connectivity index (χ0v) is 16.5. The van der Waals surface area contributed by atoms with Gasteiger partial charge in [-0.15, -0.1) is 0 Å². The van der Waals surface area contributed by atoms with Crippen molar-refractivity contribution in [1.29, 1.82) is 0 Å². The summed E-state index contributed by atoms with van der Waals surface area (Å²) in [7, 11) is 1.32. The van der Waals surface area contributed by atoms with Gasteiger partial charge < -0.3 is 18.6 Å². The lowest BCUT2D eigenvalue weighted by molar-refractivity contribution is -0.128. The maximum Gasteiger partial charge on any atom is 0.387 e. The van der Waals surface area contributed by atoms with E-state index in [1.807, 2.05) is 0 Å². The molecule has 0 fully saturated rings. The summed E-state index contributed by atoms with van der Waals surface area (Å²) in [4.78, 5) is 24.3. The Morgan fingerprint density at radius 1 is 1.10 bits per heavy atom. The van der Waals surface area contributed by atoms with Crippen LogP contribution < -0.4 is 19.8 Å². The Bertz CT molecular complexity index is 1230. The first-order chi connectivity index (χ1) is 14.9. The Hall–Kier alpha value is -3.68.